The van der Waals surface area contributed by atoms with Crippen molar-refractivity contribution in [3.63, 3.8) is 0 Å². The third-order valence-electron chi connectivity index (χ3n) is 4.83. The van der Waals surface area contributed by atoms with Gasteiger partial charge >= 0.3 is 0 Å². The first kappa shape index (κ1) is 15.0. The summed E-state index contributed by atoms with van der Waals surface area (Å²) in [5.41, 5.74) is 0.978. The van der Waals surface area contributed by atoms with Gasteiger partial charge in [0.15, 0.2) is 11.4 Å². The van der Waals surface area contributed by atoms with E-state index in [9.17, 15) is 4.79 Å². The van der Waals surface area contributed by atoms with E-state index in [1.165, 1.54) is 19.3 Å². The first-order chi connectivity index (χ1) is 10.2. The number of anilines is 1. The van der Waals surface area contributed by atoms with Crippen molar-refractivity contribution in [1.82, 2.24) is 4.98 Å². The molecule has 21 heavy (non-hydrogen) atoms. The third-order valence-corrected chi connectivity index (χ3v) is 5.87. The van der Waals surface area contributed by atoms with Gasteiger partial charge in [-0.25, -0.2) is 4.98 Å². The Morgan fingerprint density at radius 3 is 3.05 bits per heavy atom. The minimum atomic E-state index is 0.346. The summed E-state index contributed by atoms with van der Waals surface area (Å²) in [4.78, 5) is 19.4. The topological polar surface area (TPSA) is 42.4 Å². The molecule has 4 nitrogen and oxygen atoms in total. The molecule has 1 aromatic rings. The van der Waals surface area contributed by atoms with Gasteiger partial charge in [0, 0.05) is 6.54 Å². The average Bonchev–Trinajstić information content (AvgIpc) is 2.97. The van der Waals surface area contributed by atoms with E-state index in [1.807, 2.05) is 0 Å². The predicted molar refractivity (Wildman–Crippen MR) is 85.5 cm³/mol. The third kappa shape index (κ3) is 2.86. The zero-order chi connectivity index (χ0) is 14.8. The van der Waals surface area contributed by atoms with Gasteiger partial charge in [-0.3, -0.25) is 4.79 Å². The van der Waals surface area contributed by atoms with Crippen LogP contribution in [0.2, 0.25) is 0 Å². The molecular formula is C16H24N2O2S. The molecular weight excluding hydrogens is 284 g/mol. The largest absolute Gasteiger partial charge is 0.374 e. The summed E-state index contributed by atoms with van der Waals surface area (Å²) in [6.45, 7) is 5.96. The fraction of sp³-hybridized carbons (Fsp3) is 0.750. The summed E-state index contributed by atoms with van der Waals surface area (Å²) >= 11 is 1.56. The molecule has 1 aromatic heterocycles. The lowest BCUT2D eigenvalue weighted by molar-refractivity contribution is -0.00870. The van der Waals surface area contributed by atoms with Crippen molar-refractivity contribution in [2.75, 3.05) is 18.1 Å². The molecule has 1 aliphatic carbocycles. The van der Waals surface area contributed by atoms with Gasteiger partial charge in [-0.2, -0.15) is 0 Å². The second kappa shape index (κ2) is 6.44. The Morgan fingerprint density at radius 2 is 2.29 bits per heavy atom. The van der Waals surface area contributed by atoms with Crippen LogP contribution in [-0.2, 0) is 4.74 Å². The van der Waals surface area contributed by atoms with Crippen LogP contribution in [0.15, 0.2) is 0 Å². The highest BCUT2D eigenvalue weighted by Gasteiger charge is 2.36. The highest BCUT2D eigenvalue weighted by atomic mass is 32.1. The van der Waals surface area contributed by atoms with E-state index in [0.29, 0.717) is 18.1 Å². The number of aldehydes is 1. The fourth-order valence-corrected chi connectivity index (χ4v) is 4.50. The van der Waals surface area contributed by atoms with Crippen LogP contribution in [0.25, 0.3) is 0 Å². The molecule has 0 radical (unpaired) electrons. The van der Waals surface area contributed by atoms with Crippen molar-refractivity contribution in [2.24, 2.45) is 0 Å². The minimum Gasteiger partial charge on any atom is -0.374 e. The summed E-state index contributed by atoms with van der Waals surface area (Å²) < 4.78 is 5.93. The van der Waals surface area contributed by atoms with Gasteiger partial charge in [-0.05, 0) is 25.2 Å². The van der Waals surface area contributed by atoms with Gasteiger partial charge in [-0.15, -0.1) is 0 Å². The molecule has 3 unspecified atom stereocenters. The van der Waals surface area contributed by atoms with Crippen LogP contribution < -0.4 is 4.90 Å². The van der Waals surface area contributed by atoms with E-state index in [-0.39, 0.29) is 0 Å². The number of ether oxygens (including phenoxy) is 1. The number of carbonyl (C=O) groups excluding carboxylic acids is 1. The molecule has 2 heterocycles. The van der Waals surface area contributed by atoms with Crippen LogP contribution in [0.5, 0.6) is 0 Å². The maximum Gasteiger partial charge on any atom is 0.186 e. The average molecular weight is 308 g/mol. The van der Waals surface area contributed by atoms with E-state index in [1.54, 1.807) is 11.3 Å². The van der Waals surface area contributed by atoms with Gasteiger partial charge in [0.2, 0.25) is 0 Å². The lowest BCUT2D eigenvalue weighted by atomic mass is 9.90. The van der Waals surface area contributed by atoms with E-state index in [4.69, 9.17) is 9.72 Å². The van der Waals surface area contributed by atoms with Crippen molar-refractivity contribution in [2.45, 2.75) is 64.0 Å². The molecule has 1 aliphatic heterocycles. The zero-order valence-electron chi connectivity index (χ0n) is 12.9. The van der Waals surface area contributed by atoms with Crippen LogP contribution in [0.1, 0.15) is 67.2 Å². The highest BCUT2D eigenvalue weighted by molar-refractivity contribution is 7.17. The van der Waals surface area contributed by atoms with Crippen LogP contribution in [0.4, 0.5) is 5.13 Å². The highest BCUT2D eigenvalue weighted by Crippen LogP contribution is 2.36. The summed E-state index contributed by atoms with van der Waals surface area (Å²) in [7, 11) is 0. The summed E-state index contributed by atoms with van der Waals surface area (Å²) in [6, 6.07) is 0.447. The summed E-state index contributed by atoms with van der Waals surface area (Å²) in [5, 5.41) is 1.02. The monoisotopic (exact) mass is 308 g/mol. The number of thiazole rings is 1. The molecule has 2 fully saturated rings. The first-order valence-corrected chi connectivity index (χ1v) is 8.90. The molecule has 2 aliphatic rings. The molecule has 5 heteroatoms. The Hall–Kier alpha value is -0.940. The smallest absolute Gasteiger partial charge is 0.186 e. The Morgan fingerprint density at radius 1 is 1.48 bits per heavy atom. The Labute approximate surface area is 130 Å². The quantitative estimate of drug-likeness (QED) is 0.797. The maximum atomic E-state index is 11.4. The number of nitrogens with zero attached hydrogens (tertiary/aromatic N) is 2. The molecule has 0 N–H and O–H groups in total. The van der Waals surface area contributed by atoms with Crippen LogP contribution >= 0.6 is 11.3 Å². The zero-order valence-corrected chi connectivity index (χ0v) is 13.7. The maximum absolute atomic E-state index is 11.4. The second-order valence-corrected chi connectivity index (χ2v) is 7.14. The van der Waals surface area contributed by atoms with Crippen LogP contribution in [0.3, 0.4) is 0 Å². The van der Waals surface area contributed by atoms with Crippen molar-refractivity contribution in [3.05, 3.63) is 10.6 Å². The molecule has 1 saturated carbocycles. The van der Waals surface area contributed by atoms with E-state index in [0.717, 1.165) is 48.0 Å². The number of fused-ring (bicyclic) bond motifs is 1. The fourth-order valence-electron chi connectivity index (χ4n) is 3.42. The lowest BCUT2D eigenvalue weighted by Gasteiger charge is -2.43. The van der Waals surface area contributed by atoms with E-state index >= 15 is 0 Å². The van der Waals surface area contributed by atoms with Gasteiger partial charge in [0.05, 0.1) is 29.3 Å². The van der Waals surface area contributed by atoms with Crippen molar-refractivity contribution >= 4 is 22.8 Å². The van der Waals surface area contributed by atoms with Gasteiger partial charge in [0.1, 0.15) is 0 Å². The molecule has 0 spiro atoms. The van der Waals surface area contributed by atoms with Crippen molar-refractivity contribution in [1.29, 1.82) is 0 Å². The lowest BCUT2D eigenvalue weighted by Crippen LogP contribution is -2.52. The SMILES string of the molecule is CCC(C)c1nc(N2CCOC3CCCCC32)sc1C=O. The molecule has 3 rings (SSSR count). The first-order valence-electron chi connectivity index (χ1n) is 8.08. The predicted octanol–water partition coefficient (Wildman–Crippen LogP) is 3.62. The van der Waals surface area contributed by atoms with Crippen LogP contribution in [0, 0.1) is 0 Å². The van der Waals surface area contributed by atoms with E-state index in [2.05, 4.69) is 18.7 Å². The minimum absolute atomic E-state index is 0.346. The number of hydrogen-bond acceptors (Lipinski definition) is 5. The Balaban J connectivity index is 1.88. The Kier molecular flexibility index (Phi) is 4.60. The van der Waals surface area contributed by atoms with Crippen LogP contribution in [-0.4, -0.2) is 36.6 Å². The summed E-state index contributed by atoms with van der Waals surface area (Å²) in [6.07, 6.45) is 7.21. The molecule has 0 aromatic carbocycles. The van der Waals surface area contributed by atoms with Gasteiger partial charge < -0.3 is 9.64 Å². The Bertz CT molecular complexity index is 500. The number of aromatic nitrogens is 1. The number of carbonyl (C=O) groups is 1. The normalized spacial score (nSPS) is 27.2. The molecule has 0 bridgehead atoms. The van der Waals surface area contributed by atoms with Gasteiger partial charge in [-0.1, -0.05) is 38.0 Å². The second-order valence-electron chi connectivity index (χ2n) is 6.13. The number of rotatable bonds is 4. The summed E-state index contributed by atoms with van der Waals surface area (Å²) in [5.74, 6) is 0.346. The number of hydrogen-bond donors (Lipinski definition) is 0. The molecule has 0 amide bonds. The van der Waals surface area contributed by atoms with Crippen molar-refractivity contribution in [3.8, 4) is 0 Å². The van der Waals surface area contributed by atoms with E-state index < -0.39 is 0 Å². The molecule has 116 valence electrons. The number of morpholine rings is 1. The molecule has 3 atom stereocenters. The standard InChI is InChI=1S/C16H24N2O2S/c1-3-11(2)15-14(10-19)21-16(17-15)18-8-9-20-13-7-5-4-6-12(13)18/h10-13H,3-9H2,1-2H3. The van der Waals surface area contributed by atoms with Crippen molar-refractivity contribution < 1.29 is 9.53 Å². The molecule has 1 saturated heterocycles. The van der Waals surface area contributed by atoms with Gasteiger partial charge in [0.25, 0.3) is 0 Å².